The number of hydrogen-bond acceptors (Lipinski definition) is 5. The Morgan fingerprint density at radius 2 is 2.00 bits per heavy atom. The minimum Gasteiger partial charge on any atom is -0.351 e. The number of nitrogens with one attached hydrogen (secondary N) is 1. The molecule has 3 aromatic rings. The first-order valence-corrected chi connectivity index (χ1v) is 9.51. The summed E-state index contributed by atoms with van der Waals surface area (Å²) >= 11 is 3.14. The molecule has 1 N–H and O–H groups in total. The summed E-state index contributed by atoms with van der Waals surface area (Å²) < 4.78 is 0. The molecule has 6 heteroatoms. The third kappa shape index (κ3) is 3.60. The van der Waals surface area contributed by atoms with E-state index in [-0.39, 0.29) is 5.91 Å². The van der Waals surface area contributed by atoms with E-state index in [0.717, 1.165) is 20.8 Å². The van der Waals surface area contributed by atoms with Gasteiger partial charge >= 0.3 is 0 Å². The summed E-state index contributed by atoms with van der Waals surface area (Å²) in [5, 5.41) is 4.94. The number of aromatic nitrogens is 2. The van der Waals surface area contributed by atoms with Gasteiger partial charge in [-0.3, -0.25) is 4.79 Å². The van der Waals surface area contributed by atoms with E-state index in [4.69, 9.17) is 0 Å². The van der Waals surface area contributed by atoms with Crippen LogP contribution in [0.4, 0.5) is 0 Å². The van der Waals surface area contributed by atoms with Crippen molar-refractivity contribution in [3.63, 3.8) is 0 Å². The molecule has 0 saturated carbocycles. The number of thioether (sulfide) groups is 1. The van der Waals surface area contributed by atoms with Crippen molar-refractivity contribution in [3.05, 3.63) is 52.2 Å². The normalized spacial score (nSPS) is 11.0. The number of amides is 1. The molecule has 3 rings (SSSR count). The largest absolute Gasteiger partial charge is 0.351 e. The molecule has 0 spiro atoms. The molecule has 0 aliphatic rings. The molecule has 2 heterocycles. The number of nitrogens with zero attached hydrogens (tertiary/aromatic N) is 2. The first kappa shape index (κ1) is 16.9. The van der Waals surface area contributed by atoms with Crippen molar-refractivity contribution in [2.24, 2.45) is 0 Å². The van der Waals surface area contributed by atoms with Crippen molar-refractivity contribution in [1.29, 1.82) is 0 Å². The van der Waals surface area contributed by atoms with Gasteiger partial charge in [0.05, 0.1) is 5.75 Å². The number of benzene rings is 1. The molecule has 0 saturated heterocycles. The predicted octanol–water partition coefficient (Wildman–Crippen LogP) is 4.03. The Bertz CT molecular complexity index is 889. The van der Waals surface area contributed by atoms with Crippen LogP contribution in [0.2, 0.25) is 0 Å². The zero-order valence-electron chi connectivity index (χ0n) is 13.9. The lowest BCUT2D eigenvalue weighted by Gasteiger charge is -2.08. The molecule has 0 aliphatic carbocycles. The summed E-state index contributed by atoms with van der Waals surface area (Å²) in [6.45, 7) is 6.78. The number of hydrogen-bond donors (Lipinski definition) is 1. The monoisotopic (exact) mass is 357 g/mol. The van der Waals surface area contributed by atoms with E-state index < -0.39 is 0 Å². The highest BCUT2D eigenvalue weighted by molar-refractivity contribution is 8.00. The fourth-order valence-electron chi connectivity index (χ4n) is 2.45. The van der Waals surface area contributed by atoms with Gasteiger partial charge in [0.2, 0.25) is 5.91 Å². The van der Waals surface area contributed by atoms with Gasteiger partial charge in [0.15, 0.2) is 0 Å². The average Bonchev–Trinajstić information content (AvgIpc) is 2.87. The number of thiophene rings is 1. The first-order valence-electron chi connectivity index (χ1n) is 7.71. The molecule has 4 nitrogen and oxygen atoms in total. The van der Waals surface area contributed by atoms with Gasteiger partial charge in [-0.25, -0.2) is 9.97 Å². The molecule has 0 aliphatic heterocycles. The molecule has 0 fully saturated rings. The van der Waals surface area contributed by atoms with Crippen LogP contribution in [0, 0.1) is 20.8 Å². The van der Waals surface area contributed by atoms with Crippen LogP contribution in [-0.4, -0.2) is 21.6 Å². The maximum atomic E-state index is 12.2. The second-order valence-corrected chi connectivity index (χ2v) is 7.80. The van der Waals surface area contributed by atoms with Crippen LogP contribution in [0.1, 0.15) is 21.6 Å². The second-order valence-electron chi connectivity index (χ2n) is 5.63. The van der Waals surface area contributed by atoms with Gasteiger partial charge in [0.25, 0.3) is 0 Å². The summed E-state index contributed by atoms with van der Waals surface area (Å²) in [6, 6.07) is 8.08. The van der Waals surface area contributed by atoms with Crippen molar-refractivity contribution >= 4 is 39.2 Å². The highest BCUT2D eigenvalue weighted by Crippen LogP contribution is 2.34. The van der Waals surface area contributed by atoms with E-state index in [1.807, 2.05) is 18.2 Å². The van der Waals surface area contributed by atoms with Gasteiger partial charge in [-0.05, 0) is 37.5 Å². The minimum atomic E-state index is 0.0135. The zero-order valence-corrected chi connectivity index (χ0v) is 15.6. The Balaban J connectivity index is 1.64. The lowest BCUT2D eigenvalue weighted by molar-refractivity contribution is -0.118. The van der Waals surface area contributed by atoms with E-state index in [2.05, 4.69) is 42.1 Å². The summed E-state index contributed by atoms with van der Waals surface area (Å²) in [5.74, 6) is 0.367. The van der Waals surface area contributed by atoms with Crippen LogP contribution < -0.4 is 5.32 Å². The third-order valence-electron chi connectivity index (χ3n) is 4.01. The number of aryl methyl sites for hydroxylation is 3. The Morgan fingerprint density at radius 1 is 1.21 bits per heavy atom. The van der Waals surface area contributed by atoms with Crippen LogP contribution >= 0.6 is 23.1 Å². The highest BCUT2D eigenvalue weighted by atomic mass is 32.2. The van der Waals surface area contributed by atoms with E-state index in [9.17, 15) is 4.79 Å². The van der Waals surface area contributed by atoms with Crippen LogP contribution in [-0.2, 0) is 11.3 Å². The van der Waals surface area contributed by atoms with Crippen molar-refractivity contribution in [3.8, 4) is 0 Å². The molecule has 0 unspecified atom stereocenters. The zero-order chi connectivity index (χ0) is 17.1. The topological polar surface area (TPSA) is 54.9 Å². The van der Waals surface area contributed by atoms with Gasteiger partial charge < -0.3 is 5.32 Å². The molecular formula is C18H19N3OS2. The first-order chi connectivity index (χ1) is 11.6. The number of rotatable bonds is 5. The maximum absolute atomic E-state index is 12.2. The molecule has 2 aromatic heterocycles. The van der Waals surface area contributed by atoms with Gasteiger partial charge in [0.1, 0.15) is 16.2 Å². The molecule has 0 bridgehead atoms. The fraction of sp³-hybridized carbons (Fsp3) is 0.278. The molecule has 124 valence electrons. The van der Waals surface area contributed by atoms with E-state index in [0.29, 0.717) is 12.3 Å². The van der Waals surface area contributed by atoms with Crippen molar-refractivity contribution in [2.75, 3.05) is 5.75 Å². The summed E-state index contributed by atoms with van der Waals surface area (Å²) in [5.41, 5.74) is 3.54. The smallest absolute Gasteiger partial charge is 0.230 e. The lowest BCUT2D eigenvalue weighted by atomic mass is 10.1. The number of carbonyl (C=O) groups excluding carboxylic acids is 1. The molecule has 1 amide bonds. The maximum Gasteiger partial charge on any atom is 0.230 e. The van der Waals surface area contributed by atoms with E-state index in [1.165, 1.54) is 27.8 Å². The summed E-state index contributed by atoms with van der Waals surface area (Å²) in [7, 11) is 0. The number of fused-ring (bicyclic) bond motifs is 1. The summed E-state index contributed by atoms with van der Waals surface area (Å²) in [6.07, 6.45) is 1.57. The lowest BCUT2D eigenvalue weighted by Crippen LogP contribution is -2.24. The summed E-state index contributed by atoms with van der Waals surface area (Å²) in [4.78, 5) is 23.1. The van der Waals surface area contributed by atoms with Gasteiger partial charge in [-0.15, -0.1) is 11.3 Å². The minimum absolute atomic E-state index is 0.0135. The molecule has 24 heavy (non-hydrogen) atoms. The molecule has 0 radical (unpaired) electrons. The fourth-order valence-corrected chi connectivity index (χ4v) is 4.39. The van der Waals surface area contributed by atoms with E-state index >= 15 is 0 Å². The van der Waals surface area contributed by atoms with Gasteiger partial charge in [-0.2, -0.15) is 0 Å². The molecule has 0 atom stereocenters. The molecule has 1 aromatic carbocycles. The van der Waals surface area contributed by atoms with Crippen LogP contribution in [0.3, 0.4) is 0 Å². The predicted molar refractivity (Wildman–Crippen MR) is 101 cm³/mol. The van der Waals surface area contributed by atoms with Crippen LogP contribution in [0.5, 0.6) is 0 Å². The van der Waals surface area contributed by atoms with Crippen molar-refractivity contribution < 1.29 is 4.79 Å². The Labute approximate surface area is 149 Å². The van der Waals surface area contributed by atoms with E-state index in [1.54, 1.807) is 17.7 Å². The average molecular weight is 358 g/mol. The molecular weight excluding hydrogens is 338 g/mol. The standard InChI is InChI=1S/C18H19N3OS2/c1-11-6-4-5-7-14(11)8-19-15(22)9-23-17-16-12(2)13(3)24-18(16)21-10-20-17/h4-7,10H,8-9H2,1-3H3,(H,19,22). The number of carbonyl (C=O) groups is 1. The van der Waals surface area contributed by atoms with Crippen molar-refractivity contribution in [2.45, 2.75) is 32.3 Å². The van der Waals surface area contributed by atoms with Crippen LogP contribution in [0.15, 0.2) is 35.6 Å². The van der Waals surface area contributed by atoms with Gasteiger partial charge in [0, 0.05) is 16.8 Å². The van der Waals surface area contributed by atoms with Crippen LogP contribution in [0.25, 0.3) is 10.2 Å². The Morgan fingerprint density at radius 3 is 2.79 bits per heavy atom. The second kappa shape index (κ2) is 7.32. The highest BCUT2D eigenvalue weighted by Gasteiger charge is 2.13. The third-order valence-corrected chi connectivity index (χ3v) is 6.11. The Kier molecular flexibility index (Phi) is 5.16. The van der Waals surface area contributed by atoms with Crippen molar-refractivity contribution in [1.82, 2.24) is 15.3 Å². The van der Waals surface area contributed by atoms with Gasteiger partial charge in [-0.1, -0.05) is 36.0 Å². The Hall–Kier alpha value is -1.92. The SMILES string of the molecule is Cc1ccccc1CNC(=O)CSc1ncnc2sc(C)c(C)c12. The quantitative estimate of drug-likeness (QED) is 0.553.